The zero-order valence-corrected chi connectivity index (χ0v) is 45.5. The van der Waals surface area contributed by atoms with Crippen LogP contribution in [0.4, 0.5) is 0 Å². The van der Waals surface area contributed by atoms with Gasteiger partial charge in [-0.1, -0.05) is 292 Å². The molecule has 0 radical (unpaired) electrons. The first kappa shape index (κ1) is 64.4. The fraction of sp³-hybridized carbons (Fsp3) is 0.950. The van der Waals surface area contributed by atoms with Crippen molar-refractivity contribution in [2.75, 3.05) is 13.2 Å². The molecule has 0 bridgehead atoms. The summed E-state index contributed by atoms with van der Waals surface area (Å²) in [5.41, 5.74) is 0. The number of carbonyl (C=O) groups excluding carboxylic acids is 3. The lowest BCUT2D eigenvalue weighted by Gasteiger charge is -2.18. The summed E-state index contributed by atoms with van der Waals surface area (Å²) in [6.45, 7) is 13.7. The molecule has 0 fully saturated rings. The minimum absolute atomic E-state index is 0.0638. The summed E-state index contributed by atoms with van der Waals surface area (Å²) in [5, 5.41) is 0. The van der Waals surface area contributed by atoms with E-state index in [0.29, 0.717) is 19.3 Å². The van der Waals surface area contributed by atoms with Crippen molar-refractivity contribution in [1.82, 2.24) is 0 Å². The molecular weight excluding hydrogens is 817 g/mol. The van der Waals surface area contributed by atoms with Gasteiger partial charge in [0.2, 0.25) is 0 Å². The maximum Gasteiger partial charge on any atom is 0.306 e. The second-order valence-electron chi connectivity index (χ2n) is 22.1. The van der Waals surface area contributed by atoms with Crippen molar-refractivity contribution >= 4 is 17.9 Å². The maximum atomic E-state index is 12.8. The van der Waals surface area contributed by atoms with Crippen LogP contribution in [0.5, 0.6) is 0 Å². The van der Waals surface area contributed by atoms with Gasteiger partial charge in [0.1, 0.15) is 13.2 Å². The molecular formula is C60H116O6. The normalized spacial score (nSPS) is 12.1. The van der Waals surface area contributed by atoms with E-state index in [9.17, 15) is 14.4 Å². The van der Waals surface area contributed by atoms with Gasteiger partial charge in [0, 0.05) is 19.3 Å². The molecule has 0 amide bonds. The lowest BCUT2D eigenvalue weighted by atomic mass is 10.0. The Balaban J connectivity index is 4.21. The number of unbranched alkanes of at least 4 members (excludes halogenated alkanes) is 36. The van der Waals surface area contributed by atoms with Crippen LogP contribution in [0.3, 0.4) is 0 Å². The third kappa shape index (κ3) is 53.4. The summed E-state index contributed by atoms with van der Waals surface area (Å²) < 4.78 is 16.9. The number of hydrogen-bond donors (Lipinski definition) is 0. The lowest BCUT2D eigenvalue weighted by Crippen LogP contribution is -2.30. The van der Waals surface area contributed by atoms with Gasteiger partial charge in [0.15, 0.2) is 6.10 Å². The molecule has 0 rings (SSSR count). The average molecular weight is 934 g/mol. The van der Waals surface area contributed by atoms with E-state index in [-0.39, 0.29) is 31.1 Å². The van der Waals surface area contributed by atoms with Crippen molar-refractivity contribution < 1.29 is 28.6 Å². The monoisotopic (exact) mass is 933 g/mol. The first-order chi connectivity index (χ1) is 32.1. The molecule has 0 aromatic rings. The van der Waals surface area contributed by atoms with Crippen molar-refractivity contribution in [2.24, 2.45) is 17.8 Å². The van der Waals surface area contributed by atoms with E-state index in [0.717, 1.165) is 75.5 Å². The van der Waals surface area contributed by atoms with E-state index in [4.69, 9.17) is 14.2 Å². The molecule has 0 heterocycles. The summed E-state index contributed by atoms with van der Waals surface area (Å²) in [6.07, 6.45) is 54.0. The van der Waals surface area contributed by atoms with Gasteiger partial charge in [-0.25, -0.2) is 0 Å². The van der Waals surface area contributed by atoms with Gasteiger partial charge in [0.05, 0.1) is 0 Å². The zero-order valence-electron chi connectivity index (χ0n) is 45.5. The minimum Gasteiger partial charge on any atom is -0.462 e. The summed E-state index contributed by atoms with van der Waals surface area (Å²) in [6, 6.07) is 0. The van der Waals surface area contributed by atoms with Crippen molar-refractivity contribution in [3.8, 4) is 0 Å². The second kappa shape index (κ2) is 51.3. The van der Waals surface area contributed by atoms with Crippen LogP contribution in [0.2, 0.25) is 0 Å². The fourth-order valence-corrected chi connectivity index (χ4v) is 9.18. The molecule has 0 aromatic carbocycles. The van der Waals surface area contributed by atoms with Crippen molar-refractivity contribution in [3.05, 3.63) is 0 Å². The molecule has 0 unspecified atom stereocenters. The zero-order chi connectivity index (χ0) is 48.4. The molecule has 0 aliphatic heterocycles. The standard InChI is InChI=1S/C60H116O6/c1-54(2)46-40-34-28-23-19-15-11-9-7-8-10-12-17-21-25-31-37-43-49-58(61)64-52-57(53-65-59(62)50-44-38-33-27-30-36-42-48-56(5)6)66-60(63)51-45-39-32-26-22-18-14-13-16-20-24-29-35-41-47-55(3)4/h54-57H,7-53H2,1-6H3/t57-/m1/s1. The molecule has 0 saturated heterocycles. The molecule has 0 spiro atoms. The number of hydrogen-bond acceptors (Lipinski definition) is 6. The van der Waals surface area contributed by atoms with Crippen LogP contribution in [0.25, 0.3) is 0 Å². The molecule has 392 valence electrons. The number of carbonyl (C=O) groups is 3. The predicted octanol–water partition coefficient (Wildman–Crippen LogP) is 19.5. The van der Waals surface area contributed by atoms with Crippen LogP contribution in [0, 0.1) is 17.8 Å². The van der Waals surface area contributed by atoms with Gasteiger partial charge < -0.3 is 14.2 Å². The highest BCUT2D eigenvalue weighted by Gasteiger charge is 2.19. The van der Waals surface area contributed by atoms with E-state index < -0.39 is 6.10 Å². The molecule has 0 N–H and O–H groups in total. The molecule has 0 aromatic heterocycles. The molecule has 0 saturated carbocycles. The Kier molecular flexibility index (Phi) is 50.0. The van der Waals surface area contributed by atoms with E-state index in [1.54, 1.807) is 0 Å². The molecule has 6 nitrogen and oxygen atoms in total. The van der Waals surface area contributed by atoms with Gasteiger partial charge in [0.25, 0.3) is 0 Å². The fourth-order valence-electron chi connectivity index (χ4n) is 9.18. The number of ether oxygens (including phenoxy) is 3. The summed E-state index contributed by atoms with van der Waals surface area (Å²) in [5.74, 6) is 1.64. The molecule has 1 atom stereocenters. The van der Waals surface area contributed by atoms with Crippen LogP contribution in [-0.4, -0.2) is 37.2 Å². The Labute approximate surface area is 412 Å². The topological polar surface area (TPSA) is 78.9 Å². The minimum atomic E-state index is -0.764. The largest absolute Gasteiger partial charge is 0.462 e. The lowest BCUT2D eigenvalue weighted by molar-refractivity contribution is -0.167. The van der Waals surface area contributed by atoms with Crippen LogP contribution >= 0.6 is 0 Å². The third-order valence-electron chi connectivity index (χ3n) is 13.6. The third-order valence-corrected chi connectivity index (χ3v) is 13.6. The van der Waals surface area contributed by atoms with E-state index >= 15 is 0 Å². The van der Waals surface area contributed by atoms with Crippen LogP contribution in [0.15, 0.2) is 0 Å². The summed E-state index contributed by atoms with van der Waals surface area (Å²) in [4.78, 5) is 38.1. The summed E-state index contributed by atoms with van der Waals surface area (Å²) >= 11 is 0. The number of esters is 3. The molecule has 0 aliphatic carbocycles. The van der Waals surface area contributed by atoms with Gasteiger partial charge in [-0.3, -0.25) is 14.4 Å². The van der Waals surface area contributed by atoms with Crippen LogP contribution < -0.4 is 0 Å². The van der Waals surface area contributed by atoms with Crippen molar-refractivity contribution in [3.63, 3.8) is 0 Å². The summed E-state index contributed by atoms with van der Waals surface area (Å²) in [7, 11) is 0. The molecule has 6 heteroatoms. The van der Waals surface area contributed by atoms with Gasteiger partial charge >= 0.3 is 17.9 Å². The van der Waals surface area contributed by atoms with Gasteiger partial charge in [-0.15, -0.1) is 0 Å². The molecule has 0 aliphatic rings. The highest BCUT2D eigenvalue weighted by Crippen LogP contribution is 2.19. The SMILES string of the molecule is CC(C)CCCCCCCCCCCCCCCCCCCCC(=O)OC[C@H](COC(=O)CCCCCCCCCC(C)C)OC(=O)CCCCCCCCCCCCCCCCC(C)C. The number of rotatable bonds is 53. The Morgan fingerprint density at radius 2 is 0.439 bits per heavy atom. The van der Waals surface area contributed by atoms with Crippen molar-refractivity contribution in [1.29, 1.82) is 0 Å². The quantitative estimate of drug-likeness (QED) is 0.0343. The van der Waals surface area contributed by atoms with Gasteiger partial charge in [-0.2, -0.15) is 0 Å². The molecule has 66 heavy (non-hydrogen) atoms. The smallest absolute Gasteiger partial charge is 0.306 e. The Morgan fingerprint density at radius 1 is 0.258 bits per heavy atom. The highest BCUT2D eigenvalue weighted by atomic mass is 16.6. The Morgan fingerprint density at radius 3 is 0.652 bits per heavy atom. The van der Waals surface area contributed by atoms with E-state index in [2.05, 4.69) is 41.5 Å². The second-order valence-corrected chi connectivity index (χ2v) is 22.1. The average Bonchev–Trinajstić information content (AvgIpc) is 3.28. The Bertz CT molecular complexity index is 1020. The van der Waals surface area contributed by atoms with E-state index in [1.807, 2.05) is 0 Å². The van der Waals surface area contributed by atoms with E-state index in [1.165, 1.54) is 212 Å². The first-order valence-electron chi connectivity index (χ1n) is 29.6. The van der Waals surface area contributed by atoms with Crippen LogP contribution in [-0.2, 0) is 28.6 Å². The maximum absolute atomic E-state index is 12.8. The van der Waals surface area contributed by atoms with Gasteiger partial charge in [-0.05, 0) is 37.0 Å². The predicted molar refractivity (Wildman–Crippen MR) is 284 cm³/mol. The van der Waals surface area contributed by atoms with Crippen molar-refractivity contribution in [2.45, 2.75) is 337 Å². The Hall–Kier alpha value is -1.59. The highest BCUT2D eigenvalue weighted by molar-refractivity contribution is 5.71. The van der Waals surface area contributed by atoms with Crippen LogP contribution in [0.1, 0.15) is 330 Å². The first-order valence-corrected chi connectivity index (χ1v) is 29.6.